The van der Waals surface area contributed by atoms with Crippen molar-refractivity contribution >= 4 is 11.6 Å². The molecule has 31 heavy (non-hydrogen) atoms. The molecule has 0 amide bonds. The smallest absolute Gasteiger partial charge is 0.0564 e. The average Bonchev–Trinajstić information content (AvgIpc) is 3.33. The van der Waals surface area contributed by atoms with Crippen molar-refractivity contribution < 1.29 is 0 Å². The number of hydrogen-bond donors (Lipinski definition) is 0. The van der Waals surface area contributed by atoms with Crippen LogP contribution in [-0.2, 0) is 6.54 Å². The number of likely N-dealkylation sites (tertiary alicyclic amines) is 1. The van der Waals surface area contributed by atoms with Crippen LogP contribution in [-0.4, -0.2) is 24.5 Å². The lowest BCUT2D eigenvalue weighted by Crippen LogP contribution is -2.27. The topological polar surface area (TPSA) is 17.3 Å². The van der Waals surface area contributed by atoms with E-state index in [0.29, 0.717) is 5.92 Å². The Labute approximate surface area is 191 Å². The molecule has 2 saturated heterocycles. The Balaban J connectivity index is 1.32. The fourth-order valence-corrected chi connectivity index (χ4v) is 5.22. The van der Waals surface area contributed by atoms with Crippen LogP contribution in [0.5, 0.6) is 0 Å². The molecule has 2 fully saturated rings. The van der Waals surface area contributed by atoms with E-state index < -0.39 is 0 Å². The molecule has 2 nitrogen and oxygen atoms in total. The van der Waals surface area contributed by atoms with E-state index in [1.54, 1.807) is 0 Å². The molecule has 2 atom stereocenters. The van der Waals surface area contributed by atoms with E-state index in [4.69, 9.17) is 16.9 Å². The molecule has 3 aromatic rings. The molecule has 0 bridgehead atoms. The van der Waals surface area contributed by atoms with Crippen molar-refractivity contribution in [1.29, 1.82) is 0 Å². The van der Waals surface area contributed by atoms with Crippen molar-refractivity contribution in [2.75, 3.05) is 19.6 Å². The van der Waals surface area contributed by atoms with Gasteiger partial charge >= 0.3 is 0 Å². The predicted molar refractivity (Wildman–Crippen MR) is 130 cm³/mol. The van der Waals surface area contributed by atoms with Crippen LogP contribution in [0, 0.1) is 0 Å². The van der Waals surface area contributed by atoms with Gasteiger partial charge in [0.1, 0.15) is 0 Å². The number of halogens is 1. The molecule has 0 aromatic heterocycles. The molecule has 2 unspecified atom stereocenters. The summed E-state index contributed by atoms with van der Waals surface area (Å²) >= 11 is 6.04. The second-order valence-electron chi connectivity index (χ2n) is 8.95. The molecule has 159 valence electrons. The summed E-state index contributed by atoms with van der Waals surface area (Å²) in [6.45, 7) is 4.55. The molecule has 0 aliphatic carbocycles. The molecular formula is C28H30ClN2. The van der Waals surface area contributed by atoms with Crippen LogP contribution in [0.3, 0.4) is 0 Å². The van der Waals surface area contributed by atoms with Crippen molar-refractivity contribution in [2.45, 2.75) is 44.2 Å². The Hall–Kier alpha value is -2.13. The van der Waals surface area contributed by atoms with E-state index >= 15 is 0 Å². The molecule has 3 heteroatoms. The molecule has 2 aliphatic heterocycles. The first-order valence-electron chi connectivity index (χ1n) is 11.6. The fourth-order valence-electron chi connectivity index (χ4n) is 5.10. The number of hydrogen-bond acceptors (Lipinski definition) is 1. The number of nitrogens with zero attached hydrogens (tertiary/aromatic N) is 2. The van der Waals surface area contributed by atoms with E-state index in [1.807, 2.05) is 12.1 Å². The Bertz CT molecular complexity index is 973. The maximum Gasteiger partial charge on any atom is 0.0564 e. The third-order valence-corrected chi connectivity index (χ3v) is 7.07. The van der Waals surface area contributed by atoms with E-state index in [-0.39, 0.29) is 6.04 Å². The van der Waals surface area contributed by atoms with Crippen LogP contribution in [0.1, 0.15) is 54.3 Å². The summed E-state index contributed by atoms with van der Waals surface area (Å²) in [5.74, 6) is 0.468. The molecular weight excluding hydrogens is 400 g/mol. The van der Waals surface area contributed by atoms with Crippen molar-refractivity contribution in [3.63, 3.8) is 0 Å². The van der Waals surface area contributed by atoms with Gasteiger partial charge in [-0.1, -0.05) is 72.3 Å². The summed E-state index contributed by atoms with van der Waals surface area (Å²) in [7, 11) is 0. The Morgan fingerprint density at radius 3 is 2.03 bits per heavy atom. The fraction of sp³-hybridized carbons (Fsp3) is 0.357. The zero-order chi connectivity index (χ0) is 21.0. The third kappa shape index (κ3) is 4.87. The maximum atomic E-state index is 6.04. The van der Waals surface area contributed by atoms with Crippen molar-refractivity contribution in [3.8, 4) is 11.1 Å². The normalized spacial score (nSPS) is 22.0. The molecule has 2 aliphatic rings. The van der Waals surface area contributed by atoms with Gasteiger partial charge in [0.2, 0.25) is 0 Å². The van der Waals surface area contributed by atoms with Crippen LogP contribution >= 0.6 is 11.6 Å². The van der Waals surface area contributed by atoms with E-state index in [2.05, 4.69) is 65.6 Å². The summed E-state index contributed by atoms with van der Waals surface area (Å²) in [5.41, 5.74) is 6.60. The second kappa shape index (κ2) is 9.56. The molecule has 0 spiro atoms. The predicted octanol–water partition coefficient (Wildman–Crippen LogP) is 6.83. The maximum absolute atomic E-state index is 6.04. The van der Waals surface area contributed by atoms with Gasteiger partial charge in [-0.05, 0) is 78.7 Å². The lowest BCUT2D eigenvalue weighted by molar-refractivity contribution is 0.331. The first-order chi connectivity index (χ1) is 15.3. The zero-order valence-corrected chi connectivity index (χ0v) is 18.8. The standard InChI is InChI=1S/C28H30ClN2/c29-26-15-13-23(14-16-26)22-9-11-25(12-10-22)28-27(4-3-17-30-28)24-7-5-21(6-8-24)20-31-18-1-2-19-31/h5-16,27-28H,1-4,17-20H2. The highest BCUT2D eigenvalue weighted by Gasteiger charge is 2.28. The minimum atomic E-state index is 0.248. The lowest BCUT2D eigenvalue weighted by Gasteiger charge is -2.32. The van der Waals surface area contributed by atoms with Crippen molar-refractivity contribution in [2.24, 2.45) is 0 Å². The summed E-state index contributed by atoms with van der Waals surface area (Å²) in [4.78, 5) is 2.57. The van der Waals surface area contributed by atoms with Gasteiger partial charge in [0.25, 0.3) is 0 Å². The van der Waals surface area contributed by atoms with Crippen LogP contribution in [0.2, 0.25) is 5.02 Å². The quantitative estimate of drug-likeness (QED) is 0.434. The van der Waals surface area contributed by atoms with E-state index in [9.17, 15) is 0 Å². The summed E-state index contributed by atoms with van der Waals surface area (Å²) in [5, 5.41) is 5.83. The minimum Gasteiger partial charge on any atom is -0.299 e. The van der Waals surface area contributed by atoms with Gasteiger partial charge < -0.3 is 0 Å². The van der Waals surface area contributed by atoms with Gasteiger partial charge in [0.15, 0.2) is 0 Å². The first-order valence-corrected chi connectivity index (χ1v) is 12.0. The van der Waals surface area contributed by atoms with Gasteiger partial charge in [0, 0.05) is 24.0 Å². The van der Waals surface area contributed by atoms with Gasteiger partial charge in [-0.25, -0.2) is 5.32 Å². The van der Waals surface area contributed by atoms with Gasteiger partial charge in [-0.2, -0.15) is 0 Å². The largest absolute Gasteiger partial charge is 0.299 e. The van der Waals surface area contributed by atoms with Gasteiger partial charge in [-0.3, -0.25) is 4.90 Å². The molecule has 5 rings (SSSR count). The highest BCUT2D eigenvalue weighted by molar-refractivity contribution is 6.30. The number of piperidine rings is 1. The Morgan fingerprint density at radius 2 is 1.35 bits per heavy atom. The zero-order valence-electron chi connectivity index (χ0n) is 18.0. The Kier molecular flexibility index (Phi) is 6.40. The lowest BCUT2D eigenvalue weighted by atomic mass is 9.81. The summed E-state index contributed by atoms with van der Waals surface area (Å²) in [6.07, 6.45) is 5.08. The van der Waals surface area contributed by atoms with Crippen molar-refractivity contribution in [3.05, 3.63) is 94.5 Å². The van der Waals surface area contributed by atoms with Crippen LogP contribution in [0.4, 0.5) is 0 Å². The molecule has 0 saturated carbocycles. The van der Waals surface area contributed by atoms with Crippen LogP contribution < -0.4 is 5.32 Å². The number of rotatable bonds is 5. The van der Waals surface area contributed by atoms with Crippen LogP contribution in [0.25, 0.3) is 11.1 Å². The second-order valence-corrected chi connectivity index (χ2v) is 9.39. The van der Waals surface area contributed by atoms with E-state index in [0.717, 1.165) is 18.1 Å². The van der Waals surface area contributed by atoms with Crippen LogP contribution in [0.15, 0.2) is 72.8 Å². The monoisotopic (exact) mass is 429 g/mol. The average molecular weight is 430 g/mol. The molecule has 0 N–H and O–H groups in total. The molecule has 2 heterocycles. The third-order valence-electron chi connectivity index (χ3n) is 6.82. The van der Waals surface area contributed by atoms with E-state index in [1.165, 1.54) is 66.6 Å². The number of benzene rings is 3. The van der Waals surface area contributed by atoms with Gasteiger partial charge in [-0.15, -0.1) is 0 Å². The molecule has 3 aromatic carbocycles. The molecule has 1 radical (unpaired) electrons. The summed E-state index contributed by atoms with van der Waals surface area (Å²) in [6, 6.07) is 26.6. The highest BCUT2D eigenvalue weighted by Crippen LogP contribution is 2.39. The first kappa shape index (κ1) is 20.8. The van der Waals surface area contributed by atoms with Gasteiger partial charge in [0.05, 0.1) is 6.04 Å². The SMILES string of the molecule is Clc1ccc(-c2ccc(C3[N]CCCC3c3ccc(CN4CCCC4)cc3)cc2)cc1. The highest BCUT2D eigenvalue weighted by atomic mass is 35.5. The Morgan fingerprint density at radius 1 is 0.742 bits per heavy atom. The summed E-state index contributed by atoms with van der Waals surface area (Å²) < 4.78 is 0. The van der Waals surface area contributed by atoms with Crippen molar-refractivity contribution in [1.82, 2.24) is 10.2 Å². The minimum absolute atomic E-state index is 0.248.